The fraction of sp³-hybridized carbons (Fsp3) is 0.278. The van der Waals surface area contributed by atoms with E-state index in [0.29, 0.717) is 48.9 Å². The van der Waals surface area contributed by atoms with E-state index in [1.54, 1.807) is 42.2 Å². The Balaban J connectivity index is 1.18. The number of hydrogen-bond acceptors (Lipinski definition) is 6. The number of halogens is 4. The van der Waals surface area contributed by atoms with Gasteiger partial charge in [-0.15, -0.1) is 0 Å². The first kappa shape index (κ1) is 34.4. The maximum Gasteiger partial charge on any atom is 0.418 e. The van der Waals surface area contributed by atoms with Crippen molar-refractivity contribution in [2.45, 2.75) is 25.7 Å². The zero-order valence-electron chi connectivity index (χ0n) is 26.3. The van der Waals surface area contributed by atoms with Gasteiger partial charge >= 0.3 is 6.18 Å². The van der Waals surface area contributed by atoms with Crippen LogP contribution in [0.1, 0.15) is 16.7 Å². The van der Waals surface area contributed by atoms with Crippen LogP contribution in [0.5, 0.6) is 11.5 Å². The number of piperazine rings is 1. The van der Waals surface area contributed by atoms with Crippen LogP contribution in [0.2, 0.25) is 0 Å². The van der Waals surface area contributed by atoms with Crippen molar-refractivity contribution in [3.63, 3.8) is 0 Å². The first-order valence-corrected chi connectivity index (χ1v) is 15.4. The van der Waals surface area contributed by atoms with Gasteiger partial charge in [-0.05, 0) is 72.6 Å². The van der Waals surface area contributed by atoms with Crippen LogP contribution in [0.25, 0.3) is 0 Å². The maximum absolute atomic E-state index is 13.7. The molecule has 2 amide bonds. The van der Waals surface area contributed by atoms with Crippen molar-refractivity contribution in [3.05, 3.63) is 120 Å². The summed E-state index contributed by atoms with van der Waals surface area (Å²) in [7, 11) is 0. The van der Waals surface area contributed by atoms with Crippen LogP contribution in [0.3, 0.4) is 0 Å². The molecular formula is C36H36F4N4O4. The normalized spacial score (nSPS) is 14.3. The average molecular weight is 665 g/mol. The Morgan fingerprint density at radius 1 is 0.833 bits per heavy atom. The molecule has 1 atom stereocenters. The van der Waals surface area contributed by atoms with Crippen LogP contribution in [-0.2, 0) is 27.1 Å². The summed E-state index contributed by atoms with van der Waals surface area (Å²) in [6.07, 6.45) is -4.48. The Hall–Kier alpha value is -4.94. The molecule has 0 bridgehead atoms. The largest absolute Gasteiger partial charge is 0.457 e. The molecule has 2 N–H and O–H groups in total. The number of nitrogens with zero attached hydrogens (tertiary/aromatic N) is 2. The van der Waals surface area contributed by atoms with Crippen LogP contribution in [-0.4, -0.2) is 62.1 Å². The van der Waals surface area contributed by atoms with E-state index in [1.165, 1.54) is 30.3 Å². The van der Waals surface area contributed by atoms with E-state index >= 15 is 0 Å². The van der Waals surface area contributed by atoms with Gasteiger partial charge in [-0.3, -0.25) is 14.5 Å². The molecule has 1 aliphatic rings. The average Bonchev–Trinajstić information content (AvgIpc) is 3.06. The number of para-hydroxylation sites is 1. The molecule has 5 rings (SSSR count). The van der Waals surface area contributed by atoms with Gasteiger partial charge in [0.2, 0.25) is 11.8 Å². The van der Waals surface area contributed by atoms with E-state index in [0.717, 1.165) is 11.6 Å². The van der Waals surface area contributed by atoms with Gasteiger partial charge in [-0.25, -0.2) is 4.39 Å². The summed E-state index contributed by atoms with van der Waals surface area (Å²) >= 11 is 0. The molecule has 0 radical (unpaired) electrons. The Morgan fingerprint density at radius 3 is 2.12 bits per heavy atom. The zero-order valence-corrected chi connectivity index (χ0v) is 26.3. The zero-order chi connectivity index (χ0) is 34.1. The number of amides is 2. The van der Waals surface area contributed by atoms with Gasteiger partial charge in [0.05, 0.1) is 31.0 Å². The van der Waals surface area contributed by atoms with E-state index in [4.69, 9.17) is 9.47 Å². The highest BCUT2D eigenvalue weighted by Gasteiger charge is 2.36. The molecular weight excluding hydrogens is 628 g/mol. The lowest BCUT2D eigenvalue weighted by Crippen LogP contribution is -2.53. The van der Waals surface area contributed by atoms with Crippen molar-refractivity contribution in [3.8, 4) is 11.5 Å². The van der Waals surface area contributed by atoms with Crippen LogP contribution in [0.4, 0.5) is 28.9 Å². The topological polar surface area (TPSA) is 83.1 Å². The Morgan fingerprint density at radius 2 is 1.48 bits per heavy atom. The van der Waals surface area contributed by atoms with Crippen molar-refractivity contribution in [2.24, 2.45) is 0 Å². The first-order valence-electron chi connectivity index (χ1n) is 15.4. The van der Waals surface area contributed by atoms with Crippen LogP contribution in [0.15, 0.2) is 97.1 Å². The number of nitrogens with one attached hydrogen (secondary N) is 2. The lowest BCUT2D eigenvalue weighted by Gasteiger charge is -2.37. The number of alkyl halides is 3. The summed E-state index contributed by atoms with van der Waals surface area (Å²) in [6, 6.07) is 24.7. The molecule has 1 aliphatic heterocycles. The van der Waals surface area contributed by atoms with Crippen LogP contribution in [0, 0.1) is 12.7 Å². The van der Waals surface area contributed by atoms with Gasteiger partial charge in [-0.1, -0.05) is 42.5 Å². The number of rotatable bonds is 12. The quantitative estimate of drug-likeness (QED) is 0.171. The van der Waals surface area contributed by atoms with Crippen molar-refractivity contribution in [1.82, 2.24) is 10.2 Å². The van der Waals surface area contributed by atoms with E-state index < -0.39 is 29.6 Å². The van der Waals surface area contributed by atoms with Gasteiger partial charge < -0.3 is 25.0 Å². The molecule has 48 heavy (non-hydrogen) atoms. The smallest absolute Gasteiger partial charge is 0.418 e. The van der Waals surface area contributed by atoms with Crippen molar-refractivity contribution in [2.75, 3.05) is 49.5 Å². The molecule has 1 saturated heterocycles. The monoisotopic (exact) mass is 664 g/mol. The van der Waals surface area contributed by atoms with Gasteiger partial charge in [0.15, 0.2) is 0 Å². The molecule has 0 aromatic heterocycles. The maximum atomic E-state index is 13.7. The minimum atomic E-state index is -4.48. The number of hydrogen-bond donors (Lipinski definition) is 2. The molecule has 0 spiro atoms. The fourth-order valence-corrected chi connectivity index (χ4v) is 5.41. The highest BCUT2D eigenvalue weighted by atomic mass is 19.4. The summed E-state index contributed by atoms with van der Waals surface area (Å²) < 4.78 is 65.8. The summed E-state index contributed by atoms with van der Waals surface area (Å²) in [5.74, 6) is -0.352. The highest BCUT2D eigenvalue weighted by molar-refractivity contribution is 5.97. The third-order valence-electron chi connectivity index (χ3n) is 7.82. The third-order valence-corrected chi connectivity index (χ3v) is 7.82. The van der Waals surface area contributed by atoms with E-state index in [1.807, 2.05) is 35.2 Å². The molecule has 1 unspecified atom stereocenters. The minimum absolute atomic E-state index is 0.0361. The molecule has 1 fully saturated rings. The van der Waals surface area contributed by atoms with Gasteiger partial charge in [-0.2, -0.15) is 13.2 Å². The standard InChI is InChI=1S/C36H36F4N4O4/c1-25-6-5-9-31(36(38,39)40)34(25)44-20-18-43(19-21-44)22-33(45)42-32(24-47-23-26-7-3-2-4-8-26)35(46)41-28-12-16-30(17-13-28)48-29-14-10-27(37)11-15-29/h2-17,32H,18-24H2,1H3,(H,41,46)(H,42,45). The molecule has 252 valence electrons. The molecule has 4 aromatic carbocycles. The Kier molecular flexibility index (Phi) is 11.3. The SMILES string of the molecule is Cc1cccc(C(F)(F)F)c1N1CCN(CC(=O)NC(COCc2ccccc2)C(=O)Nc2ccc(Oc3ccc(F)cc3)cc2)CC1. The van der Waals surface area contributed by atoms with Gasteiger partial charge in [0, 0.05) is 31.9 Å². The number of anilines is 2. The van der Waals surface area contributed by atoms with E-state index in [-0.39, 0.29) is 31.3 Å². The van der Waals surface area contributed by atoms with Crippen LogP contribution >= 0.6 is 0 Å². The predicted octanol–water partition coefficient (Wildman–Crippen LogP) is 6.41. The molecule has 0 saturated carbocycles. The summed E-state index contributed by atoms with van der Waals surface area (Å²) in [4.78, 5) is 30.1. The lowest BCUT2D eigenvalue weighted by atomic mass is 10.1. The van der Waals surface area contributed by atoms with Crippen molar-refractivity contribution >= 4 is 23.2 Å². The molecule has 1 heterocycles. The molecule has 4 aromatic rings. The number of carbonyl (C=O) groups is 2. The predicted molar refractivity (Wildman–Crippen MR) is 174 cm³/mol. The summed E-state index contributed by atoms with van der Waals surface area (Å²) in [6.45, 7) is 3.12. The summed E-state index contributed by atoms with van der Waals surface area (Å²) in [5.41, 5.74) is 1.39. The van der Waals surface area contributed by atoms with E-state index in [2.05, 4.69) is 10.6 Å². The Bertz CT molecular complexity index is 1660. The summed E-state index contributed by atoms with van der Waals surface area (Å²) in [5, 5.41) is 5.56. The second kappa shape index (κ2) is 15.8. The number of ether oxygens (including phenoxy) is 2. The molecule has 8 nitrogen and oxygen atoms in total. The third kappa shape index (κ3) is 9.55. The van der Waals surface area contributed by atoms with Gasteiger partial charge in [0.1, 0.15) is 23.4 Å². The highest BCUT2D eigenvalue weighted by Crippen LogP contribution is 2.38. The number of benzene rings is 4. The van der Waals surface area contributed by atoms with E-state index in [9.17, 15) is 27.2 Å². The first-order chi connectivity index (χ1) is 23.0. The Labute approximate surface area is 276 Å². The lowest BCUT2D eigenvalue weighted by molar-refractivity contribution is -0.137. The molecule has 0 aliphatic carbocycles. The minimum Gasteiger partial charge on any atom is -0.457 e. The second-order valence-corrected chi connectivity index (χ2v) is 11.4. The van der Waals surface area contributed by atoms with Crippen molar-refractivity contribution in [1.29, 1.82) is 0 Å². The number of carbonyl (C=O) groups excluding carboxylic acids is 2. The second-order valence-electron chi connectivity index (χ2n) is 11.4. The van der Waals surface area contributed by atoms with Crippen LogP contribution < -0.4 is 20.3 Å². The van der Waals surface area contributed by atoms with Crippen molar-refractivity contribution < 1.29 is 36.6 Å². The molecule has 12 heteroatoms. The van der Waals surface area contributed by atoms with Gasteiger partial charge in [0.25, 0.3) is 0 Å². The number of aryl methyl sites for hydroxylation is 1. The fourth-order valence-electron chi connectivity index (χ4n) is 5.41.